The molecule has 0 spiro atoms. The normalized spacial score (nSPS) is 18.8. The Labute approximate surface area is 192 Å². The highest BCUT2D eigenvalue weighted by molar-refractivity contribution is 5.93. The molecule has 2 aromatic heterocycles. The molecule has 5 rings (SSSR count). The van der Waals surface area contributed by atoms with E-state index >= 15 is 0 Å². The number of hydrogen-bond acceptors (Lipinski definition) is 8. The second-order valence-electron chi connectivity index (χ2n) is 8.35. The number of hydrogen-bond donors (Lipinski definition) is 3. The first-order valence-electron chi connectivity index (χ1n) is 11.3. The lowest BCUT2D eigenvalue weighted by Crippen LogP contribution is -2.37. The summed E-state index contributed by atoms with van der Waals surface area (Å²) in [7, 11) is 0. The van der Waals surface area contributed by atoms with E-state index in [2.05, 4.69) is 37.1 Å². The molecule has 0 radical (unpaired) electrons. The van der Waals surface area contributed by atoms with E-state index in [9.17, 15) is 4.79 Å². The molecule has 2 aliphatic heterocycles. The van der Waals surface area contributed by atoms with Gasteiger partial charge in [0.15, 0.2) is 17.3 Å². The minimum absolute atomic E-state index is 0.132. The van der Waals surface area contributed by atoms with Gasteiger partial charge in [-0.25, -0.2) is 9.97 Å². The number of aryl methyl sites for hydroxylation is 1. The van der Waals surface area contributed by atoms with Crippen LogP contribution < -0.4 is 21.0 Å². The van der Waals surface area contributed by atoms with Crippen LogP contribution in [0.2, 0.25) is 0 Å². The molecule has 2 saturated heterocycles. The fourth-order valence-electron chi connectivity index (χ4n) is 4.09. The highest BCUT2D eigenvalue weighted by Crippen LogP contribution is 2.23. The summed E-state index contributed by atoms with van der Waals surface area (Å²) in [5, 5.41) is 10.7. The lowest BCUT2D eigenvalue weighted by Gasteiger charge is -2.28. The number of rotatable bonds is 6. The van der Waals surface area contributed by atoms with Crippen LogP contribution in [0.15, 0.2) is 41.8 Å². The number of aromatic nitrogens is 3. The van der Waals surface area contributed by atoms with Gasteiger partial charge in [0.1, 0.15) is 5.69 Å². The summed E-state index contributed by atoms with van der Waals surface area (Å²) >= 11 is 0. The van der Waals surface area contributed by atoms with Crippen molar-refractivity contribution in [3.63, 3.8) is 0 Å². The smallest absolute Gasteiger partial charge is 0.271 e. The fourth-order valence-corrected chi connectivity index (χ4v) is 4.09. The van der Waals surface area contributed by atoms with E-state index in [-0.39, 0.29) is 11.9 Å². The largest absolute Gasteiger partial charge is 0.378 e. The zero-order valence-electron chi connectivity index (χ0n) is 18.6. The van der Waals surface area contributed by atoms with Gasteiger partial charge in [0.05, 0.1) is 25.6 Å². The summed E-state index contributed by atoms with van der Waals surface area (Å²) in [6, 6.07) is 8.23. The van der Waals surface area contributed by atoms with Crippen molar-refractivity contribution < 1.29 is 9.53 Å². The van der Waals surface area contributed by atoms with E-state index in [0.717, 1.165) is 25.1 Å². The summed E-state index contributed by atoms with van der Waals surface area (Å²) in [5.74, 6) is 1.10. The molecule has 3 N–H and O–H groups in total. The van der Waals surface area contributed by atoms with Gasteiger partial charge in [-0.1, -0.05) is 29.8 Å². The van der Waals surface area contributed by atoms with Gasteiger partial charge in [0, 0.05) is 31.9 Å². The molecule has 1 amide bonds. The van der Waals surface area contributed by atoms with E-state index in [0.29, 0.717) is 49.3 Å². The van der Waals surface area contributed by atoms with E-state index in [4.69, 9.17) is 9.72 Å². The Morgan fingerprint density at radius 2 is 2.15 bits per heavy atom. The second-order valence-corrected chi connectivity index (χ2v) is 8.35. The van der Waals surface area contributed by atoms with Gasteiger partial charge in [-0.3, -0.25) is 14.6 Å². The lowest BCUT2D eigenvalue weighted by molar-refractivity contribution is 0.0935. The first-order chi connectivity index (χ1) is 16.2. The predicted molar refractivity (Wildman–Crippen MR) is 127 cm³/mol. The average molecular weight is 449 g/mol. The minimum Gasteiger partial charge on any atom is -0.378 e. The monoisotopic (exact) mass is 448 g/mol. The van der Waals surface area contributed by atoms with Gasteiger partial charge >= 0.3 is 0 Å². The van der Waals surface area contributed by atoms with Gasteiger partial charge in [-0.15, -0.1) is 0 Å². The molecule has 0 bridgehead atoms. The molecule has 1 unspecified atom stereocenters. The number of fused-ring (bicyclic) bond motifs is 1. The van der Waals surface area contributed by atoms with Crippen LogP contribution in [0.25, 0.3) is 5.65 Å². The van der Waals surface area contributed by atoms with Crippen molar-refractivity contribution in [2.24, 2.45) is 5.10 Å². The Morgan fingerprint density at radius 1 is 1.27 bits per heavy atom. The SMILES string of the molecule is Cc1cccc(/C=N/Nc2cn3cc(C(=O)NC4CCNC4)nc3c(N3CCOCC3)n2)c1. The van der Waals surface area contributed by atoms with E-state index < -0.39 is 0 Å². The molecule has 33 heavy (non-hydrogen) atoms. The quantitative estimate of drug-likeness (QED) is 0.387. The molecule has 3 aromatic rings. The number of ether oxygens (including phenoxy) is 1. The minimum atomic E-state index is -0.174. The van der Waals surface area contributed by atoms with Gasteiger partial charge in [0.25, 0.3) is 5.91 Å². The zero-order valence-corrected chi connectivity index (χ0v) is 18.6. The maximum atomic E-state index is 12.8. The number of nitrogens with zero attached hydrogens (tertiary/aromatic N) is 5. The van der Waals surface area contributed by atoms with Crippen molar-refractivity contribution in [3.05, 3.63) is 53.5 Å². The van der Waals surface area contributed by atoms with Crippen molar-refractivity contribution >= 4 is 29.4 Å². The third-order valence-corrected chi connectivity index (χ3v) is 5.79. The molecule has 10 nitrogen and oxygen atoms in total. The topological polar surface area (TPSA) is 108 Å². The summed E-state index contributed by atoms with van der Waals surface area (Å²) < 4.78 is 7.34. The van der Waals surface area contributed by atoms with Crippen LogP contribution in [0.4, 0.5) is 11.6 Å². The number of benzene rings is 1. The molecule has 4 heterocycles. The van der Waals surface area contributed by atoms with Crippen molar-refractivity contribution in [2.75, 3.05) is 49.7 Å². The summed E-state index contributed by atoms with van der Waals surface area (Å²) in [6.07, 6.45) is 6.23. The Bertz CT molecular complexity index is 1160. The highest BCUT2D eigenvalue weighted by atomic mass is 16.5. The molecule has 0 saturated carbocycles. The third kappa shape index (κ3) is 4.96. The molecule has 2 aliphatic rings. The number of amides is 1. The average Bonchev–Trinajstić information content (AvgIpc) is 3.49. The number of carbonyl (C=O) groups is 1. The van der Waals surface area contributed by atoms with E-state index in [1.807, 2.05) is 29.5 Å². The summed E-state index contributed by atoms with van der Waals surface area (Å²) in [4.78, 5) is 24.3. The summed E-state index contributed by atoms with van der Waals surface area (Å²) in [5.41, 5.74) is 6.21. The van der Waals surface area contributed by atoms with Crippen LogP contribution in [-0.4, -0.2) is 71.9 Å². The predicted octanol–water partition coefficient (Wildman–Crippen LogP) is 1.41. The third-order valence-electron chi connectivity index (χ3n) is 5.79. The van der Waals surface area contributed by atoms with Crippen LogP contribution in [0.1, 0.15) is 28.0 Å². The first kappa shape index (κ1) is 21.4. The molecule has 0 aliphatic carbocycles. The lowest BCUT2D eigenvalue weighted by atomic mass is 10.2. The standard InChI is InChI=1S/C23H28N8O2/c1-16-3-2-4-17(11-16)12-25-29-20-15-31-14-19(23(32)26-18-5-6-24-13-18)27-21(31)22(28-20)30-7-9-33-10-8-30/h2-4,11-12,14-15,18,24,29H,5-10,13H2,1H3,(H,26,32)/b25-12+. The van der Waals surface area contributed by atoms with Crippen molar-refractivity contribution in [1.82, 2.24) is 25.0 Å². The Morgan fingerprint density at radius 3 is 2.94 bits per heavy atom. The van der Waals surface area contributed by atoms with Crippen LogP contribution in [0.5, 0.6) is 0 Å². The van der Waals surface area contributed by atoms with E-state index in [1.165, 1.54) is 5.56 Å². The fraction of sp³-hybridized carbons (Fsp3) is 0.391. The van der Waals surface area contributed by atoms with Crippen molar-refractivity contribution in [1.29, 1.82) is 0 Å². The highest BCUT2D eigenvalue weighted by Gasteiger charge is 2.23. The maximum Gasteiger partial charge on any atom is 0.271 e. The molecule has 2 fully saturated rings. The van der Waals surface area contributed by atoms with Crippen LogP contribution in [0, 0.1) is 6.92 Å². The summed E-state index contributed by atoms with van der Waals surface area (Å²) in [6.45, 7) is 6.41. The molecule has 1 aromatic carbocycles. The number of morpholine rings is 1. The van der Waals surface area contributed by atoms with Crippen molar-refractivity contribution in [2.45, 2.75) is 19.4 Å². The van der Waals surface area contributed by atoms with Gasteiger partial charge in [-0.05, 0) is 25.5 Å². The van der Waals surface area contributed by atoms with Gasteiger partial charge in [0.2, 0.25) is 0 Å². The Hall–Kier alpha value is -3.50. The number of carbonyl (C=O) groups excluding carboxylic acids is 1. The molecular formula is C23H28N8O2. The van der Waals surface area contributed by atoms with Crippen LogP contribution in [-0.2, 0) is 4.74 Å². The number of anilines is 2. The molecular weight excluding hydrogens is 420 g/mol. The van der Waals surface area contributed by atoms with Crippen LogP contribution >= 0.6 is 0 Å². The van der Waals surface area contributed by atoms with Crippen LogP contribution in [0.3, 0.4) is 0 Å². The van der Waals surface area contributed by atoms with E-state index in [1.54, 1.807) is 18.6 Å². The molecule has 1 atom stereocenters. The van der Waals surface area contributed by atoms with Gasteiger partial charge < -0.3 is 20.3 Å². The number of hydrazone groups is 1. The Balaban J connectivity index is 1.43. The van der Waals surface area contributed by atoms with Crippen molar-refractivity contribution in [3.8, 4) is 0 Å². The number of nitrogens with one attached hydrogen (secondary N) is 3. The second kappa shape index (κ2) is 9.55. The zero-order chi connectivity index (χ0) is 22.6. The molecule has 10 heteroatoms. The molecule has 172 valence electrons. The van der Waals surface area contributed by atoms with Gasteiger partial charge in [-0.2, -0.15) is 5.10 Å². The maximum absolute atomic E-state index is 12.8. The number of imidazole rings is 1. The Kier molecular flexibility index (Phi) is 6.18. The first-order valence-corrected chi connectivity index (χ1v) is 11.3.